The Labute approximate surface area is 479 Å². The van der Waals surface area contributed by atoms with Gasteiger partial charge < -0.3 is 33.8 Å². The van der Waals surface area contributed by atoms with Gasteiger partial charge in [-0.05, 0) is 37.5 Å². The van der Waals surface area contributed by atoms with E-state index in [2.05, 4.69) is 41.5 Å². The van der Waals surface area contributed by atoms with Crippen molar-refractivity contribution in [3.63, 3.8) is 0 Å². The van der Waals surface area contributed by atoms with Crippen molar-refractivity contribution in [1.29, 1.82) is 0 Å². The van der Waals surface area contributed by atoms with Crippen LogP contribution in [0.25, 0.3) is 0 Å². The van der Waals surface area contributed by atoms with E-state index in [-0.39, 0.29) is 25.7 Å². The fourth-order valence-electron chi connectivity index (χ4n) is 8.82. The van der Waals surface area contributed by atoms with Gasteiger partial charge in [-0.1, -0.05) is 241 Å². The van der Waals surface area contributed by atoms with Gasteiger partial charge in [-0.15, -0.1) is 0 Å². The van der Waals surface area contributed by atoms with Crippen LogP contribution in [0.4, 0.5) is 0 Å². The summed E-state index contributed by atoms with van der Waals surface area (Å²) in [5.74, 6) is -0.681. The largest absolute Gasteiger partial charge is 0.472 e. The number of aliphatic hydroxyl groups excluding tert-OH is 1. The molecular formula is C60H116O17P2. The first-order valence-electron chi connectivity index (χ1n) is 31.5. The van der Waals surface area contributed by atoms with E-state index in [0.29, 0.717) is 31.6 Å². The third-order valence-corrected chi connectivity index (χ3v) is 15.6. The second-order valence-electron chi connectivity index (χ2n) is 22.7. The monoisotopic (exact) mass is 1170 g/mol. The fourth-order valence-corrected chi connectivity index (χ4v) is 10.4. The quantitative estimate of drug-likeness (QED) is 0.0222. The van der Waals surface area contributed by atoms with Gasteiger partial charge in [0, 0.05) is 25.7 Å². The third kappa shape index (κ3) is 55.0. The summed E-state index contributed by atoms with van der Waals surface area (Å²) < 4.78 is 67.6. The summed E-state index contributed by atoms with van der Waals surface area (Å²) in [5.41, 5.74) is 0. The average Bonchev–Trinajstić information content (AvgIpc) is 3.40. The minimum Gasteiger partial charge on any atom is -0.462 e. The van der Waals surface area contributed by atoms with Crippen LogP contribution in [0.15, 0.2) is 0 Å². The molecule has 0 rings (SSSR count). The number of unbranched alkanes of at least 4 members (excludes halogenated alkanes) is 29. The van der Waals surface area contributed by atoms with Crippen molar-refractivity contribution >= 4 is 39.5 Å². The summed E-state index contributed by atoms with van der Waals surface area (Å²) in [6, 6.07) is 0. The van der Waals surface area contributed by atoms with E-state index >= 15 is 0 Å². The van der Waals surface area contributed by atoms with Gasteiger partial charge >= 0.3 is 39.5 Å². The Morgan fingerprint density at radius 3 is 0.861 bits per heavy atom. The zero-order valence-electron chi connectivity index (χ0n) is 50.7. The molecule has 0 radical (unpaired) electrons. The summed E-state index contributed by atoms with van der Waals surface area (Å²) >= 11 is 0. The van der Waals surface area contributed by atoms with Crippen molar-refractivity contribution in [2.45, 2.75) is 310 Å². The van der Waals surface area contributed by atoms with Gasteiger partial charge in [-0.2, -0.15) is 0 Å². The lowest BCUT2D eigenvalue weighted by Crippen LogP contribution is -2.30. The van der Waals surface area contributed by atoms with E-state index in [1.54, 1.807) is 0 Å². The van der Waals surface area contributed by atoms with E-state index in [4.69, 9.17) is 37.0 Å². The van der Waals surface area contributed by atoms with Crippen LogP contribution in [-0.4, -0.2) is 96.7 Å². The number of phosphoric acid groups is 2. The van der Waals surface area contributed by atoms with Crippen molar-refractivity contribution in [3.05, 3.63) is 0 Å². The Hall–Kier alpha value is -1.94. The average molecular weight is 1170 g/mol. The van der Waals surface area contributed by atoms with Gasteiger partial charge in [0.2, 0.25) is 0 Å². The highest BCUT2D eigenvalue weighted by atomic mass is 31.2. The molecule has 0 saturated carbocycles. The molecule has 0 aliphatic carbocycles. The first kappa shape index (κ1) is 77.1. The van der Waals surface area contributed by atoms with Gasteiger partial charge in [0.1, 0.15) is 19.3 Å². The SMILES string of the molecule is CCCCCCCCCCCCC(=O)O[C@H](COC(=O)CCCCCCC)COP(=O)(O)OC[C@H](O)COP(=O)(O)OC[C@@H](COC(=O)CCCCCCCCCC(C)C)OC(=O)CCCCCCCCCCCCCC(C)C. The topological polar surface area (TPSA) is 237 Å². The molecule has 0 aromatic heterocycles. The van der Waals surface area contributed by atoms with Crippen molar-refractivity contribution in [3.8, 4) is 0 Å². The van der Waals surface area contributed by atoms with E-state index in [0.717, 1.165) is 109 Å². The molecule has 79 heavy (non-hydrogen) atoms. The van der Waals surface area contributed by atoms with Crippen LogP contribution < -0.4 is 0 Å². The predicted octanol–water partition coefficient (Wildman–Crippen LogP) is 16.1. The number of hydrogen-bond acceptors (Lipinski definition) is 15. The van der Waals surface area contributed by atoms with Gasteiger partial charge in [-0.3, -0.25) is 37.3 Å². The summed E-state index contributed by atoms with van der Waals surface area (Å²) in [6.07, 6.45) is 33.8. The number of phosphoric ester groups is 2. The van der Waals surface area contributed by atoms with Crippen molar-refractivity contribution in [2.75, 3.05) is 39.6 Å². The zero-order valence-corrected chi connectivity index (χ0v) is 52.4. The maximum atomic E-state index is 12.9. The second kappa shape index (κ2) is 52.8. The van der Waals surface area contributed by atoms with Crippen LogP contribution >= 0.6 is 15.6 Å². The Morgan fingerprint density at radius 1 is 0.342 bits per heavy atom. The Balaban J connectivity index is 5.18. The van der Waals surface area contributed by atoms with Crippen LogP contribution in [-0.2, 0) is 65.4 Å². The maximum absolute atomic E-state index is 12.9. The smallest absolute Gasteiger partial charge is 0.462 e. The number of carbonyl (C=O) groups is 4. The third-order valence-electron chi connectivity index (χ3n) is 13.7. The molecule has 0 aromatic rings. The van der Waals surface area contributed by atoms with E-state index in [9.17, 15) is 43.2 Å². The van der Waals surface area contributed by atoms with Crippen LogP contribution in [0, 0.1) is 11.8 Å². The lowest BCUT2D eigenvalue weighted by atomic mass is 10.0. The van der Waals surface area contributed by atoms with Crippen molar-refractivity contribution in [2.24, 2.45) is 11.8 Å². The molecule has 17 nitrogen and oxygen atoms in total. The molecule has 0 aliphatic heterocycles. The standard InChI is InChI=1S/C60H116O17P2/c1-7-9-11-13-14-15-20-25-32-38-44-59(64)76-55(48-70-57(62)42-36-28-12-10-8-2)50-74-78(66,67)72-46-54(61)47-73-79(68,69)75-51-56(49-71-58(63)43-37-31-27-22-24-30-35-41-53(5)6)77-60(65)45-39-33-26-21-18-16-17-19-23-29-34-40-52(3)4/h52-56,61H,7-51H2,1-6H3,(H,66,67)(H,68,69)/t54-,55+,56+/m0/s1. The predicted molar refractivity (Wildman–Crippen MR) is 312 cm³/mol. The molecule has 2 unspecified atom stereocenters. The Kier molecular flexibility index (Phi) is 51.5. The first-order chi connectivity index (χ1) is 37.9. The van der Waals surface area contributed by atoms with Gasteiger partial charge in [0.15, 0.2) is 12.2 Å². The number of esters is 4. The highest BCUT2D eigenvalue weighted by molar-refractivity contribution is 7.47. The Morgan fingerprint density at radius 2 is 0.582 bits per heavy atom. The number of ether oxygens (including phenoxy) is 4. The van der Waals surface area contributed by atoms with Crippen LogP contribution in [0.2, 0.25) is 0 Å². The number of carbonyl (C=O) groups excluding carboxylic acids is 4. The van der Waals surface area contributed by atoms with Crippen molar-refractivity contribution < 1.29 is 80.2 Å². The number of aliphatic hydroxyl groups is 1. The highest BCUT2D eigenvalue weighted by Gasteiger charge is 2.30. The maximum Gasteiger partial charge on any atom is 0.472 e. The summed E-state index contributed by atoms with van der Waals surface area (Å²) in [4.78, 5) is 71.7. The molecule has 0 amide bonds. The molecule has 0 heterocycles. The molecule has 0 aromatic carbocycles. The van der Waals surface area contributed by atoms with Gasteiger partial charge in [0.05, 0.1) is 26.4 Å². The van der Waals surface area contributed by atoms with Gasteiger partial charge in [-0.25, -0.2) is 9.13 Å². The normalized spacial score (nSPS) is 14.4. The lowest BCUT2D eigenvalue weighted by molar-refractivity contribution is -0.161. The number of hydrogen-bond donors (Lipinski definition) is 3. The van der Waals surface area contributed by atoms with E-state index < -0.39 is 97.5 Å². The summed E-state index contributed by atoms with van der Waals surface area (Å²) in [6.45, 7) is 9.31. The van der Waals surface area contributed by atoms with E-state index in [1.807, 2.05) is 0 Å². The molecule has 0 saturated heterocycles. The molecule has 0 fully saturated rings. The van der Waals surface area contributed by atoms with Crippen molar-refractivity contribution in [1.82, 2.24) is 0 Å². The molecule has 0 spiro atoms. The van der Waals surface area contributed by atoms with Crippen LogP contribution in [0.1, 0.15) is 292 Å². The molecule has 0 bridgehead atoms. The van der Waals surface area contributed by atoms with E-state index in [1.165, 1.54) is 96.3 Å². The molecular weight excluding hydrogens is 1050 g/mol. The molecule has 468 valence electrons. The fraction of sp³-hybridized carbons (Fsp3) is 0.933. The molecule has 5 atom stereocenters. The van der Waals surface area contributed by atoms with Crippen LogP contribution in [0.5, 0.6) is 0 Å². The molecule has 19 heteroatoms. The molecule has 0 aliphatic rings. The zero-order chi connectivity index (χ0) is 58.7. The summed E-state index contributed by atoms with van der Waals surface area (Å²) in [7, 11) is -9.87. The molecule has 3 N–H and O–H groups in total. The summed E-state index contributed by atoms with van der Waals surface area (Å²) in [5, 5.41) is 10.5. The minimum atomic E-state index is -4.94. The minimum absolute atomic E-state index is 0.105. The Bertz CT molecular complexity index is 1560. The number of rotatable bonds is 59. The highest BCUT2D eigenvalue weighted by Crippen LogP contribution is 2.45. The second-order valence-corrected chi connectivity index (χ2v) is 25.6. The first-order valence-corrected chi connectivity index (χ1v) is 34.5. The lowest BCUT2D eigenvalue weighted by Gasteiger charge is -2.21. The van der Waals surface area contributed by atoms with Gasteiger partial charge in [0.25, 0.3) is 0 Å². The van der Waals surface area contributed by atoms with Crippen LogP contribution in [0.3, 0.4) is 0 Å².